The molecule has 0 unspecified atom stereocenters. The van der Waals surface area contributed by atoms with Gasteiger partial charge in [0.25, 0.3) is 0 Å². The predicted molar refractivity (Wildman–Crippen MR) is 37.2 cm³/mol. The molecule has 0 saturated heterocycles. The third kappa shape index (κ3) is 4.66. The molecule has 0 aliphatic rings. The Labute approximate surface area is 54.0 Å². The second-order valence-corrected chi connectivity index (χ2v) is 11.0. The van der Waals surface area contributed by atoms with Gasteiger partial charge in [0.2, 0.25) is 0 Å². The quantitative estimate of drug-likeness (QED) is 0.622. The zero-order chi connectivity index (χ0) is 5.70. The van der Waals surface area contributed by atoms with E-state index in [-0.39, 0.29) is 0 Å². The van der Waals surface area contributed by atoms with Gasteiger partial charge in [0.15, 0.2) is 0 Å². The zero-order valence-corrected chi connectivity index (χ0v) is 8.48. The van der Waals surface area contributed by atoms with Crippen molar-refractivity contribution >= 4 is 19.8 Å². The molecule has 0 aromatic carbocycles. The van der Waals surface area contributed by atoms with E-state index in [1.807, 2.05) is 0 Å². The molecule has 43 valence electrons. The van der Waals surface area contributed by atoms with Crippen molar-refractivity contribution in [3.05, 3.63) is 0 Å². The molecular formula is C6H15Sn. The maximum atomic E-state index is 2.51. The van der Waals surface area contributed by atoms with Gasteiger partial charge in [-0.2, -0.15) is 0 Å². The fourth-order valence-corrected chi connectivity index (χ4v) is 4.05. The molecule has 0 rings (SSSR count). The van der Waals surface area contributed by atoms with Gasteiger partial charge in [-0.1, -0.05) is 0 Å². The average molecular weight is 206 g/mol. The molecule has 0 bridgehead atoms. The van der Waals surface area contributed by atoms with Crippen molar-refractivity contribution in [1.29, 1.82) is 0 Å². The molecule has 0 spiro atoms. The molecule has 0 aromatic heterocycles. The van der Waals surface area contributed by atoms with E-state index < -0.39 is 19.8 Å². The van der Waals surface area contributed by atoms with Crippen LogP contribution in [0.25, 0.3) is 0 Å². The van der Waals surface area contributed by atoms with Gasteiger partial charge < -0.3 is 0 Å². The van der Waals surface area contributed by atoms with Crippen LogP contribution >= 0.6 is 0 Å². The standard InChI is InChI=1S/C3H7.C2H5.CH3.Sn/c1-3-2;1-2;;/h1,3H2,2H3;1H2,2H3;1H3;. The Morgan fingerprint density at radius 2 is 1.86 bits per heavy atom. The van der Waals surface area contributed by atoms with Crippen LogP contribution in [0.5, 0.6) is 0 Å². The van der Waals surface area contributed by atoms with E-state index in [0.717, 1.165) is 0 Å². The second-order valence-electron chi connectivity index (χ2n) is 2.06. The third-order valence-electron chi connectivity index (χ3n) is 1.28. The van der Waals surface area contributed by atoms with E-state index >= 15 is 0 Å². The first-order chi connectivity index (χ1) is 3.31. The van der Waals surface area contributed by atoms with E-state index in [1.54, 1.807) is 4.44 Å². The molecule has 0 aliphatic carbocycles. The fourth-order valence-electron chi connectivity index (χ4n) is 0.604. The monoisotopic (exact) mass is 207 g/mol. The summed E-state index contributed by atoms with van der Waals surface area (Å²) in [5.74, 6) is 0. The van der Waals surface area contributed by atoms with Crippen LogP contribution in [0.15, 0.2) is 0 Å². The van der Waals surface area contributed by atoms with Gasteiger partial charge in [-0.25, -0.2) is 0 Å². The van der Waals surface area contributed by atoms with Crippen molar-refractivity contribution in [2.75, 3.05) is 0 Å². The van der Waals surface area contributed by atoms with Crippen molar-refractivity contribution in [2.24, 2.45) is 0 Å². The fraction of sp³-hybridized carbons (Fsp3) is 1.00. The van der Waals surface area contributed by atoms with Crippen LogP contribution in [0.1, 0.15) is 20.3 Å². The first-order valence-electron chi connectivity index (χ1n) is 3.12. The first kappa shape index (κ1) is 7.80. The summed E-state index contributed by atoms with van der Waals surface area (Å²) >= 11 is -0.652. The van der Waals surface area contributed by atoms with Crippen molar-refractivity contribution < 1.29 is 0 Å². The van der Waals surface area contributed by atoms with Crippen molar-refractivity contribution in [3.8, 4) is 0 Å². The van der Waals surface area contributed by atoms with Crippen LogP contribution in [0.3, 0.4) is 0 Å². The zero-order valence-electron chi connectivity index (χ0n) is 5.62. The van der Waals surface area contributed by atoms with Gasteiger partial charge in [-0.15, -0.1) is 0 Å². The summed E-state index contributed by atoms with van der Waals surface area (Å²) in [5.41, 5.74) is 0. The molecule has 1 heteroatoms. The maximum absolute atomic E-state index is 2.51. The molecule has 0 fully saturated rings. The second kappa shape index (κ2) is 4.95. The summed E-state index contributed by atoms with van der Waals surface area (Å²) < 4.78 is 3.13. The Balaban J connectivity index is 2.83. The van der Waals surface area contributed by atoms with Gasteiger partial charge in [-0.3, -0.25) is 0 Å². The molecule has 0 heterocycles. The van der Waals surface area contributed by atoms with Gasteiger partial charge >= 0.3 is 53.8 Å². The molecule has 1 radical (unpaired) electrons. The van der Waals surface area contributed by atoms with Gasteiger partial charge in [0.1, 0.15) is 0 Å². The number of hydrogen-bond acceptors (Lipinski definition) is 0. The van der Waals surface area contributed by atoms with Gasteiger partial charge in [0, 0.05) is 0 Å². The van der Waals surface area contributed by atoms with Crippen molar-refractivity contribution in [2.45, 2.75) is 34.1 Å². The SMILES string of the molecule is CC[CH2][Sn]([CH3])[CH2]C. The van der Waals surface area contributed by atoms with Crippen molar-refractivity contribution in [3.63, 3.8) is 0 Å². The first-order valence-corrected chi connectivity index (χ1v) is 10.0. The van der Waals surface area contributed by atoms with E-state index in [2.05, 4.69) is 18.8 Å². The molecule has 0 atom stereocenters. The molecule has 0 saturated carbocycles. The topological polar surface area (TPSA) is 0 Å². The molecule has 0 amide bonds. The Bertz CT molecular complexity index is 35.2. The minimum atomic E-state index is -0.652. The molecule has 0 N–H and O–H groups in total. The molecule has 0 nitrogen and oxygen atoms in total. The molecule has 0 aliphatic heterocycles. The number of rotatable bonds is 3. The predicted octanol–water partition coefficient (Wildman–Crippen LogP) is 2.54. The van der Waals surface area contributed by atoms with Gasteiger partial charge in [0.05, 0.1) is 0 Å². The van der Waals surface area contributed by atoms with Crippen molar-refractivity contribution in [1.82, 2.24) is 0 Å². The summed E-state index contributed by atoms with van der Waals surface area (Å²) in [7, 11) is 0. The van der Waals surface area contributed by atoms with Crippen LogP contribution in [-0.2, 0) is 0 Å². The Morgan fingerprint density at radius 3 is 2.00 bits per heavy atom. The number of hydrogen-bond donors (Lipinski definition) is 0. The van der Waals surface area contributed by atoms with Crippen LogP contribution < -0.4 is 0 Å². The van der Waals surface area contributed by atoms with Gasteiger partial charge in [-0.05, 0) is 0 Å². The Hall–Kier alpha value is 0.799. The van der Waals surface area contributed by atoms with Crippen LogP contribution in [0, 0.1) is 0 Å². The molecule has 7 heavy (non-hydrogen) atoms. The minimum absolute atomic E-state index is 0.652. The third-order valence-corrected chi connectivity index (χ3v) is 8.59. The molecular weight excluding hydrogens is 191 g/mol. The van der Waals surface area contributed by atoms with Crippen LogP contribution in [0.2, 0.25) is 13.8 Å². The normalized spacial score (nSPS) is 10.3. The summed E-state index contributed by atoms with van der Waals surface area (Å²) in [6.45, 7) is 4.63. The van der Waals surface area contributed by atoms with Crippen LogP contribution in [-0.4, -0.2) is 19.8 Å². The van der Waals surface area contributed by atoms with E-state index in [4.69, 9.17) is 0 Å². The van der Waals surface area contributed by atoms with E-state index in [0.29, 0.717) is 0 Å². The van der Waals surface area contributed by atoms with Crippen LogP contribution in [0.4, 0.5) is 0 Å². The summed E-state index contributed by atoms with van der Waals surface area (Å²) in [6.07, 6.45) is 1.43. The Kier molecular flexibility index (Phi) is 5.51. The average Bonchev–Trinajstić information content (AvgIpc) is 1.68. The summed E-state index contributed by atoms with van der Waals surface area (Å²) in [4.78, 5) is 2.51. The summed E-state index contributed by atoms with van der Waals surface area (Å²) in [5, 5.41) is 0. The molecule has 0 aromatic rings. The van der Waals surface area contributed by atoms with E-state index in [9.17, 15) is 0 Å². The Morgan fingerprint density at radius 1 is 1.29 bits per heavy atom. The van der Waals surface area contributed by atoms with E-state index in [1.165, 1.54) is 10.9 Å². The summed E-state index contributed by atoms with van der Waals surface area (Å²) in [6, 6.07) is 0.